The first kappa shape index (κ1) is 18.6. The fraction of sp³-hybridized carbons (Fsp3) is 0.368. The summed E-state index contributed by atoms with van der Waals surface area (Å²) in [6.45, 7) is 4.43. The molecule has 1 aromatic heterocycles. The predicted octanol–water partition coefficient (Wildman–Crippen LogP) is 3.74. The maximum Gasteiger partial charge on any atom is 0.409 e. The zero-order chi connectivity index (χ0) is 18.5. The summed E-state index contributed by atoms with van der Waals surface area (Å²) in [5.41, 5.74) is 1.45. The van der Waals surface area contributed by atoms with Crippen molar-refractivity contribution < 1.29 is 13.9 Å². The summed E-state index contributed by atoms with van der Waals surface area (Å²) in [7, 11) is 0. The molecule has 1 atom stereocenters. The number of carbonyl (C=O) groups is 1. The Balaban J connectivity index is 1.85. The number of hydrogen-bond donors (Lipinski definition) is 0. The second-order valence-corrected chi connectivity index (χ2v) is 6.51. The van der Waals surface area contributed by atoms with Gasteiger partial charge in [-0.15, -0.1) is 0 Å². The molecule has 1 fully saturated rings. The highest BCUT2D eigenvalue weighted by Crippen LogP contribution is 2.32. The second kappa shape index (κ2) is 8.47. The Hall–Kier alpha value is -2.18. The van der Waals surface area contributed by atoms with Crippen molar-refractivity contribution in [2.24, 2.45) is 0 Å². The minimum atomic E-state index is -0.348. The number of aromatic nitrogens is 1. The molecule has 0 N–H and O–H groups in total. The average Bonchev–Trinajstić information content (AvgIpc) is 2.65. The molecular formula is C19H21ClFN3O2. The smallest absolute Gasteiger partial charge is 0.409 e. The Morgan fingerprint density at radius 1 is 1.31 bits per heavy atom. The fourth-order valence-corrected chi connectivity index (χ4v) is 3.38. The largest absolute Gasteiger partial charge is 0.450 e. The fourth-order valence-electron chi connectivity index (χ4n) is 3.23. The number of benzene rings is 1. The number of ether oxygens (including phenoxy) is 1. The van der Waals surface area contributed by atoms with Crippen molar-refractivity contribution >= 4 is 17.7 Å². The zero-order valence-electron chi connectivity index (χ0n) is 14.6. The topological polar surface area (TPSA) is 45.7 Å². The Morgan fingerprint density at radius 3 is 2.69 bits per heavy atom. The van der Waals surface area contributed by atoms with Crippen LogP contribution in [0.5, 0.6) is 0 Å². The van der Waals surface area contributed by atoms with Gasteiger partial charge in [0.25, 0.3) is 0 Å². The van der Waals surface area contributed by atoms with Gasteiger partial charge in [-0.25, -0.2) is 9.18 Å². The number of rotatable bonds is 4. The molecule has 1 aliphatic heterocycles. The van der Waals surface area contributed by atoms with E-state index in [-0.39, 0.29) is 18.0 Å². The molecule has 138 valence electrons. The van der Waals surface area contributed by atoms with Crippen LogP contribution in [0.1, 0.15) is 24.1 Å². The first-order valence-electron chi connectivity index (χ1n) is 8.60. The summed E-state index contributed by atoms with van der Waals surface area (Å²) >= 11 is 5.91. The molecule has 0 spiro atoms. The molecule has 1 aliphatic rings. The summed E-state index contributed by atoms with van der Waals surface area (Å²) in [5.74, 6) is -0.348. The Labute approximate surface area is 157 Å². The van der Waals surface area contributed by atoms with E-state index in [1.54, 1.807) is 36.4 Å². The van der Waals surface area contributed by atoms with E-state index in [0.717, 1.165) is 5.56 Å². The third-order valence-corrected chi connectivity index (χ3v) is 4.70. The van der Waals surface area contributed by atoms with E-state index in [0.29, 0.717) is 43.4 Å². The molecule has 0 bridgehead atoms. The summed E-state index contributed by atoms with van der Waals surface area (Å²) < 4.78 is 19.7. The van der Waals surface area contributed by atoms with Gasteiger partial charge in [0, 0.05) is 49.2 Å². The number of halogens is 2. The van der Waals surface area contributed by atoms with Gasteiger partial charge in [0.15, 0.2) is 0 Å². The molecule has 1 saturated heterocycles. The summed E-state index contributed by atoms with van der Waals surface area (Å²) in [5, 5.41) is 0.364. The molecule has 1 amide bonds. The number of hydrogen-bond acceptors (Lipinski definition) is 4. The van der Waals surface area contributed by atoms with Crippen LogP contribution in [0.15, 0.2) is 42.7 Å². The van der Waals surface area contributed by atoms with Crippen molar-refractivity contribution in [3.8, 4) is 0 Å². The van der Waals surface area contributed by atoms with Crippen LogP contribution in [0.2, 0.25) is 5.02 Å². The van der Waals surface area contributed by atoms with Crippen LogP contribution >= 0.6 is 11.6 Å². The normalized spacial score (nSPS) is 16.3. The molecule has 2 heterocycles. The molecule has 0 saturated carbocycles. The van der Waals surface area contributed by atoms with Gasteiger partial charge in [-0.2, -0.15) is 0 Å². The lowest BCUT2D eigenvalue weighted by Crippen LogP contribution is -2.50. The van der Waals surface area contributed by atoms with Crippen LogP contribution in [0.4, 0.5) is 9.18 Å². The van der Waals surface area contributed by atoms with Crippen molar-refractivity contribution in [1.82, 2.24) is 14.8 Å². The predicted molar refractivity (Wildman–Crippen MR) is 97.7 cm³/mol. The highest BCUT2D eigenvalue weighted by molar-refractivity contribution is 6.30. The van der Waals surface area contributed by atoms with Crippen LogP contribution in [-0.4, -0.2) is 53.7 Å². The average molecular weight is 378 g/mol. The molecule has 0 radical (unpaired) electrons. The van der Waals surface area contributed by atoms with Gasteiger partial charge in [0.2, 0.25) is 0 Å². The quantitative estimate of drug-likeness (QED) is 0.814. The molecule has 0 aliphatic carbocycles. The van der Waals surface area contributed by atoms with Gasteiger partial charge >= 0.3 is 6.09 Å². The van der Waals surface area contributed by atoms with Crippen molar-refractivity contribution in [3.63, 3.8) is 0 Å². The Morgan fingerprint density at radius 2 is 2.08 bits per heavy atom. The molecule has 26 heavy (non-hydrogen) atoms. The van der Waals surface area contributed by atoms with Gasteiger partial charge in [-0.1, -0.05) is 23.7 Å². The molecule has 5 nitrogen and oxygen atoms in total. The van der Waals surface area contributed by atoms with E-state index in [9.17, 15) is 9.18 Å². The second-order valence-electron chi connectivity index (χ2n) is 6.08. The molecule has 2 aromatic rings. The third kappa shape index (κ3) is 4.14. The van der Waals surface area contributed by atoms with Gasteiger partial charge in [-0.3, -0.25) is 9.88 Å². The lowest BCUT2D eigenvalue weighted by molar-refractivity contribution is 0.0710. The van der Waals surface area contributed by atoms with E-state index in [1.807, 2.05) is 12.1 Å². The lowest BCUT2D eigenvalue weighted by Gasteiger charge is -2.39. The summed E-state index contributed by atoms with van der Waals surface area (Å²) in [6.07, 6.45) is 3.14. The van der Waals surface area contributed by atoms with E-state index in [1.165, 1.54) is 6.07 Å². The maximum absolute atomic E-state index is 14.6. The third-order valence-electron chi connectivity index (χ3n) is 4.46. The highest BCUT2D eigenvalue weighted by atomic mass is 35.5. The molecule has 7 heteroatoms. The standard InChI is InChI=1S/C19H21ClFN3O2/c1-2-26-19(25)24-10-8-23(9-11-24)18(14-4-3-7-22-13-14)16-6-5-15(20)12-17(16)21/h3-7,12-13,18H,2,8-11H2,1H3. The summed E-state index contributed by atoms with van der Waals surface area (Å²) in [6, 6.07) is 8.22. The number of nitrogens with zero attached hydrogens (tertiary/aromatic N) is 3. The van der Waals surface area contributed by atoms with Gasteiger partial charge in [0.05, 0.1) is 12.6 Å². The Bertz CT molecular complexity index is 752. The van der Waals surface area contributed by atoms with Crippen LogP contribution in [0.25, 0.3) is 0 Å². The maximum atomic E-state index is 14.6. The number of amides is 1. The van der Waals surface area contributed by atoms with Crippen molar-refractivity contribution in [3.05, 3.63) is 64.7 Å². The van der Waals surface area contributed by atoms with Crippen molar-refractivity contribution in [1.29, 1.82) is 0 Å². The lowest BCUT2D eigenvalue weighted by atomic mass is 9.97. The van der Waals surface area contributed by atoms with E-state index in [2.05, 4.69) is 9.88 Å². The number of pyridine rings is 1. The molecular weight excluding hydrogens is 357 g/mol. The van der Waals surface area contributed by atoms with Crippen molar-refractivity contribution in [2.45, 2.75) is 13.0 Å². The van der Waals surface area contributed by atoms with E-state index in [4.69, 9.17) is 16.3 Å². The van der Waals surface area contributed by atoms with Crippen LogP contribution in [0, 0.1) is 5.82 Å². The minimum Gasteiger partial charge on any atom is -0.450 e. The van der Waals surface area contributed by atoms with Gasteiger partial charge in [-0.05, 0) is 30.7 Å². The SMILES string of the molecule is CCOC(=O)N1CCN(C(c2cccnc2)c2ccc(Cl)cc2F)CC1. The van der Waals surface area contributed by atoms with Gasteiger partial charge in [0.1, 0.15) is 5.82 Å². The summed E-state index contributed by atoms with van der Waals surface area (Å²) in [4.78, 5) is 19.9. The monoisotopic (exact) mass is 377 g/mol. The van der Waals surface area contributed by atoms with Crippen molar-refractivity contribution in [2.75, 3.05) is 32.8 Å². The zero-order valence-corrected chi connectivity index (χ0v) is 15.3. The van der Waals surface area contributed by atoms with Crippen LogP contribution in [0.3, 0.4) is 0 Å². The number of carbonyl (C=O) groups excluding carboxylic acids is 1. The molecule has 1 unspecified atom stereocenters. The molecule has 1 aromatic carbocycles. The first-order chi connectivity index (χ1) is 12.6. The Kier molecular flexibility index (Phi) is 6.06. The number of piperazine rings is 1. The first-order valence-corrected chi connectivity index (χ1v) is 8.98. The van der Waals surface area contributed by atoms with E-state index >= 15 is 0 Å². The highest BCUT2D eigenvalue weighted by Gasteiger charge is 2.30. The molecule has 3 rings (SSSR count). The minimum absolute atomic E-state index is 0.287. The van der Waals surface area contributed by atoms with Crippen LogP contribution < -0.4 is 0 Å². The van der Waals surface area contributed by atoms with E-state index < -0.39 is 0 Å². The van der Waals surface area contributed by atoms with Crippen LogP contribution in [-0.2, 0) is 4.74 Å². The van der Waals surface area contributed by atoms with Gasteiger partial charge < -0.3 is 9.64 Å².